The topological polar surface area (TPSA) is 52.4 Å². The van der Waals surface area contributed by atoms with E-state index in [4.69, 9.17) is 19.6 Å². The van der Waals surface area contributed by atoms with Gasteiger partial charge in [0.15, 0.2) is 11.5 Å². The Morgan fingerprint density at radius 2 is 1.67 bits per heavy atom. The van der Waals surface area contributed by atoms with E-state index in [1.54, 1.807) is 7.11 Å². The lowest BCUT2D eigenvalue weighted by Crippen LogP contribution is -2.19. The maximum Gasteiger partial charge on any atom is 0.161 e. The lowest BCUT2D eigenvalue weighted by molar-refractivity contribution is 0.251. The summed E-state index contributed by atoms with van der Waals surface area (Å²) in [6.45, 7) is 1.42. The van der Waals surface area contributed by atoms with E-state index >= 15 is 0 Å². The van der Waals surface area contributed by atoms with Crippen LogP contribution in [0.25, 0.3) is 38.8 Å². The van der Waals surface area contributed by atoms with Crippen LogP contribution in [0.3, 0.4) is 0 Å². The van der Waals surface area contributed by atoms with Crippen LogP contribution >= 0.6 is 0 Å². The van der Waals surface area contributed by atoms with Crippen molar-refractivity contribution in [3.63, 3.8) is 0 Å². The Morgan fingerprint density at radius 3 is 2.45 bits per heavy atom. The normalized spacial score (nSPS) is 11.4. The number of hydrogen-bond donors (Lipinski definition) is 0. The van der Waals surface area contributed by atoms with E-state index in [0.717, 1.165) is 51.0 Å². The lowest BCUT2D eigenvalue weighted by atomic mass is 10.1. The number of aromatic nitrogens is 3. The van der Waals surface area contributed by atoms with Crippen molar-refractivity contribution in [2.24, 2.45) is 0 Å². The summed E-state index contributed by atoms with van der Waals surface area (Å²) in [6, 6.07) is 24.3. The Hall–Kier alpha value is -3.90. The second-order valence-corrected chi connectivity index (χ2v) is 8.15. The highest BCUT2D eigenvalue weighted by molar-refractivity contribution is 6.08. The molecule has 0 aliphatic carbocycles. The molecule has 0 N–H and O–H groups in total. The van der Waals surface area contributed by atoms with Gasteiger partial charge in [-0.2, -0.15) is 5.10 Å². The molecule has 2 aromatic heterocycles. The summed E-state index contributed by atoms with van der Waals surface area (Å²) in [5, 5.41) is 7.09. The molecule has 0 amide bonds. The Morgan fingerprint density at radius 1 is 0.879 bits per heavy atom. The first kappa shape index (κ1) is 21.0. The third kappa shape index (κ3) is 4.01. The van der Waals surface area contributed by atoms with Crippen LogP contribution in [-0.2, 0) is 0 Å². The quantitative estimate of drug-likeness (QED) is 0.350. The number of para-hydroxylation sites is 2. The molecule has 0 aliphatic rings. The number of benzene rings is 3. The van der Waals surface area contributed by atoms with Crippen LogP contribution in [0.1, 0.15) is 0 Å². The van der Waals surface area contributed by atoms with Crippen LogP contribution in [-0.4, -0.2) is 54.0 Å². The molecule has 0 unspecified atom stereocenters. The van der Waals surface area contributed by atoms with Crippen LogP contribution in [0.2, 0.25) is 0 Å². The predicted octanol–water partition coefficient (Wildman–Crippen LogP) is 5.19. The van der Waals surface area contributed by atoms with E-state index in [-0.39, 0.29) is 0 Å². The Balaban J connectivity index is 1.67. The molecule has 0 saturated carbocycles. The van der Waals surface area contributed by atoms with Gasteiger partial charge in [-0.05, 0) is 50.5 Å². The van der Waals surface area contributed by atoms with Gasteiger partial charge in [0.05, 0.1) is 23.8 Å². The molecule has 0 bridgehead atoms. The number of pyridine rings is 1. The molecule has 3 aromatic carbocycles. The molecule has 0 aliphatic heterocycles. The lowest BCUT2D eigenvalue weighted by Gasteiger charge is -2.14. The van der Waals surface area contributed by atoms with Gasteiger partial charge in [-0.25, -0.2) is 4.68 Å². The summed E-state index contributed by atoms with van der Waals surface area (Å²) in [5.74, 6) is 1.40. The van der Waals surface area contributed by atoms with Crippen LogP contribution in [0.4, 0.5) is 0 Å². The molecule has 33 heavy (non-hydrogen) atoms. The summed E-state index contributed by atoms with van der Waals surface area (Å²) in [6.07, 6.45) is 1.91. The number of ether oxygens (including phenoxy) is 2. The molecule has 0 atom stereocenters. The number of fused-ring (bicyclic) bond motifs is 3. The number of nitrogens with zero attached hydrogens (tertiary/aromatic N) is 4. The smallest absolute Gasteiger partial charge is 0.161 e. The van der Waals surface area contributed by atoms with Crippen molar-refractivity contribution in [2.75, 3.05) is 34.4 Å². The second-order valence-electron chi connectivity index (χ2n) is 8.15. The summed E-state index contributed by atoms with van der Waals surface area (Å²) in [7, 11) is 5.71. The van der Waals surface area contributed by atoms with Crippen molar-refractivity contribution < 1.29 is 9.47 Å². The van der Waals surface area contributed by atoms with E-state index in [1.807, 2.05) is 79.6 Å². The monoisotopic (exact) mass is 438 g/mol. The van der Waals surface area contributed by atoms with Gasteiger partial charge in [0.1, 0.15) is 12.3 Å². The highest BCUT2D eigenvalue weighted by Crippen LogP contribution is 2.37. The van der Waals surface area contributed by atoms with Crippen molar-refractivity contribution in [2.45, 2.75) is 0 Å². The fourth-order valence-electron chi connectivity index (χ4n) is 3.97. The van der Waals surface area contributed by atoms with Gasteiger partial charge in [-0.3, -0.25) is 4.98 Å². The van der Waals surface area contributed by atoms with E-state index in [2.05, 4.69) is 23.1 Å². The van der Waals surface area contributed by atoms with Crippen molar-refractivity contribution in [1.82, 2.24) is 19.7 Å². The average molecular weight is 439 g/mol. The van der Waals surface area contributed by atoms with E-state index < -0.39 is 0 Å². The first-order chi connectivity index (χ1) is 16.2. The molecule has 2 heterocycles. The Labute approximate surface area is 193 Å². The summed E-state index contributed by atoms with van der Waals surface area (Å²) < 4.78 is 13.6. The van der Waals surface area contributed by atoms with Gasteiger partial charge in [0.25, 0.3) is 0 Å². The summed E-state index contributed by atoms with van der Waals surface area (Å²) in [4.78, 5) is 6.79. The summed E-state index contributed by atoms with van der Waals surface area (Å²) in [5.41, 5.74) is 4.78. The predicted molar refractivity (Wildman–Crippen MR) is 132 cm³/mol. The van der Waals surface area contributed by atoms with Gasteiger partial charge in [-0.15, -0.1) is 0 Å². The number of rotatable bonds is 7. The highest BCUT2D eigenvalue weighted by atomic mass is 16.5. The van der Waals surface area contributed by atoms with Gasteiger partial charge >= 0.3 is 0 Å². The SMILES string of the molecule is COc1cc(-c2nn(-c3ccccc3)c3c2cnc2ccccc23)ccc1OCCN(C)C. The van der Waals surface area contributed by atoms with E-state index in [0.29, 0.717) is 12.4 Å². The minimum absolute atomic E-state index is 0.587. The van der Waals surface area contributed by atoms with Gasteiger partial charge in [-0.1, -0.05) is 36.4 Å². The van der Waals surface area contributed by atoms with Crippen LogP contribution in [0, 0.1) is 0 Å². The fourth-order valence-corrected chi connectivity index (χ4v) is 3.97. The van der Waals surface area contributed by atoms with Gasteiger partial charge < -0.3 is 14.4 Å². The van der Waals surface area contributed by atoms with Crippen LogP contribution < -0.4 is 9.47 Å². The first-order valence-electron chi connectivity index (χ1n) is 10.9. The Kier molecular flexibility index (Phi) is 5.67. The van der Waals surface area contributed by atoms with Crippen LogP contribution in [0.5, 0.6) is 11.5 Å². The standard InChI is InChI=1S/C27H26N4O2/c1-30(2)15-16-33-24-14-13-19(17-25(24)32-3)26-22-18-28-23-12-8-7-11-21(23)27(22)31(29-26)20-9-5-4-6-10-20/h4-14,17-18H,15-16H2,1-3H3. The molecule has 5 aromatic rings. The molecule has 6 nitrogen and oxygen atoms in total. The van der Waals surface area contributed by atoms with Crippen molar-refractivity contribution >= 4 is 21.8 Å². The molecular weight excluding hydrogens is 412 g/mol. The number of likely N-dealkylation sites (N-methyl/N-ethyl adjacent to an activating group) is 1. The molecule has 5 rings (SSSR count). The number of methoxy groups -OCH3 is 1. The Bertz CT molecular complexity index is 1410. The number of hydrogen-bond acceptors (Lipinski definition) is 5. The fraction of sp³-hybridized carbons (Fsp3) is 0.185. The van der Waals surface area contributed by atoms with Crippen molar-refractivity contribution in [3.05, 3.63) is 79.0 Å². The molecule has 0 spiro atoms. The van der Waals surface area contributed by atoms with Crippen LogP contribution in [0.15, 0.2) is 79.0 Å². The zero-order valence-electron chi connectivity index (χ0n) is 19.0. The molecule has 0 radical (unpaired) electrons. The third-order valence-corrected chi connectivity index (χ3v) is 5.65. The third-order valence-electron chi connectivity index (χ3n) is 5.65. The maximum atomic E-state index is 5.94. The molecule has 166 valence electrons. The second kappa shape index (κ2) is 8.92. The minimum atomic E-state index is 0.587. The molecule has 0 fully saturated rings. The van der Waals surface area contributed by atoms with E-state index in [1.165, 1.54) is 0 Å². The first-order valence-corrected chi connectivity index (χ1v) is 10.9. The maximum absolute atomic E-state index is 5.94. The average Bonchev–Trinajstić information content (AvgIpc) is 3.25. The zero-order chi connectivity index (χ0) is 22.8. The molecule has 0 saturated heterocycles. The minimum Gasteiger partial charge on any atom is -0.493 e. The van der Waals surface area contributed by atoms with E-state index in [9.17, 15) is 0 Å². The molecular formula is C27H26N4O2. The van der Waals surface area contributed by atoms with Crippen molar-refractivity contribution in [3.8, 4) is 28.4 Å². The van der Waals surface area contributed by atoms with Gasteiger partial charge in [0.2, 0.25) is 0 Å². The zero-order valence-corrected chi connectivity index (χ0v) is 19.0. The van der Waals surface area contributed by atoms with Crippen molar-refractivity contribution in [1.29, 1.82) is 0 Å². The largest absolute Gasteiger partial charge is 0.493 e. The highest BCUT2D eigenvalue weighted by Gasteiger charge is 2.18. The molecule has 6 heteroatoms. The summed E-state index contributed by atoms with van der Waals surface area (Å²) >= 11 is 0. The van der Waals surface area contributed by atoms with Gasteiger partial charge in [0, 0.05) is 29.1 Å².